The van der Waals surface area contributed by atoms with Crippen molar-refractivity contribution in [2.24, 2.45) is 11.8 Å². The molecule has 1 N–H and O–H groups in total. The Kier molecular flexibility index (Phi) is 8.83. The highest BCUT2D eigenvalue weighted by atomic mass is 32.1. The Bertz CT molecular complexity index is 1150. The van der Waals surface area contributed by atoms with Crippen LogP contribution in [0.5, 0.6) is 0 Å². The summed E-state index contributed by atoms with van der Waals surface area (Å²) < 4.78 is 5.08. The van der Waals surface area contributed by atoms with Crippen molar-refractivity contribution in [2.45, 2.75) is 58.7 Å². The molecule has 2 aliphatic heterocycles. The zero-order chi connectivity index (χ0) is 27.4. The van der Waals surface area contributed by atoms with Crippen LogP contribution in [0, 0.1) is 11.8 Å². The minimum atomic E-state index is -0.855. The van der Waals surface area contributed by atoms with Gasteiger partial charge in [0.15, 0.2) is 5.78 Å². The Morgan fingerprint density at radius 3 is 2.45 bits per heavy atom. The van der Waals surface area contributed by atoms with Crippen molar-refractivity contribution in [2.75, 3.05) is 19.7 Å². The number of ether oxygens (including phenoxy) is 1. The molecule has 1 aromatic heterocycles. The predicted octanol–water partition coefficient (Wildman–Crippen LogP) is 4.14. The molecule has 9 nitrogen and oxygen atoms in total. The topological polar surface area (TPSA) is 105 Å². The van der Waals surface area contributed by atoms with Crippen LogP contribution in [-0.4, -0.2) is 71.5 Å². The number of carbonyl (C=O) groups is 4. The molecule has 0 spiro atoms. The molecule has 2 aliphatic rings. The number of fused-ring (bicyclic) bond motifs is 1. The summed E-state index contributed by atoms with van der Waals surface area (Å²) >= 11 is 1.62. The van der Waals surface area contributed by atoms with Gasteiger partial charge < -0.3 is 19.8 Å². The zero-order valence-corrected chi connectivity index (χ0v) is 23.0. The second-order valence-corrected chi connectivity index (χ2v) is 11.6. The number of hydroxylamine groups is 2. The van der Waals surface area contributed by atoms with E-state index in [9.17, 15) is 19.2 Å². The lowest BCUT2D eigenvalue weighted by molar-refractivity contribution is -0.142. The van der Waals surface area contributed by atoms with Crippen LogP contribution < -0.4 is 5.32 Å². The van der Waals surface area contributed by atoms with Gasteiger partial charge in [-0.15, -0.1) is 16.4 Å². The minimum absolute atomic E-state index is 0.103. The van der Waals surface area contributed by atoms with E-state index >= 15 is 0 Å². The van der Waals surface area contributed by atoms with Gasteiger partial charge in [0.05, 0.1) is 19.2 Å². The minimum Gasteiger partial charge on any atom is -0.433 e. The van der Waals surface area contributed by atoms with Crippen LogP contribution in [0.15, 0.2) is 41.8 Å². The molecule has 2 fully saturated rings. The van der Waals surface area contributed by atoms with Crippen molar-refractivity contribution in [3.05, 3.63) is 47.3 Å². The number of benzene rings is 1. The zero-order valence-electron chi connectivity index (χ0n) is 22.2. The highest BCUT2D eigenvalue weighted by molar-refractivity contribution is 7.13. The lowest BCUT2D eigenvalue weighted by atomic mass is 10.0. The van der Waals surface area contributed by atoms with E-state index in [-0.39, 0.29) is 42.6 Å². The molecular weight excluding hydrogens is 506 g/mol. The molecule has 3 atom stereocenters. The van der Waals surface area contributed by atoms with Crippen LogP contribution in [0.1, 0.15) is 50.9 Å². The maximum absolute atomic E-state index is 13.7. The average Bonchev–Trinajstić information content (AvgIpc) is 3.62. The van der Waals surface area contributed by atoms with Crippen LogP contribution in [0.2, 0.25) is 0 Å². The Labute approximate surface area is 227 Å². The summed E-state index contributed by atoms with van der Waals surface area (Å²) in [4.78, 5) is 59.7. The Hall–Kier alpha value is -3.24. The van der Waals surface area contributed by atoms with E-state index in [1.165, 1.54) is 9.96 Å². The normalized spacial score (nSPS) is 20.1. The fraction of sp³-hybridized carbons (Fsp3) is 0.500. The highest BCUT2D eigenvalue weighted by Crippen LogP contribution is 2.31. The van der Waals surface area contributed by atoms with Gasteiger partial charge in [0.25, 0.3) is 5.91 Å². The fourth-order valence-electron chi connectivity index (χ4n) is 4.90. The first-order valence-electron chi connectivity index (χ1n) is 13.0. The molecule has 3 unspecified atom stereocenters. The van der Waals surface area contributed by atoms with Gasteiger partial charge in [0.1, 0.15) is 12.1 Å². The van der Waals surface area contributed by atoms with Crippen molar-refractivity contribution in [1.82, 2.24) is 15.3 Å². The summed E-state index contributed by atoms with van der Waals surface area (Å²) in [6.45, 7) is 8.23. The van der Waals surface area contributed by atoms with Gasteiger partial charge in [-0.25, -0.2) is 4.79 Å². The number of ketones is 1. The van der Waals surface area contributed by atoms with E-state index in [4.69, 9.17) is 9.57 Å². The molecule has 0 bridgehead atoms. The monoisotopic (exact) mass is 541 g/mol. The lowest BCUT2D eigenvalue weighted by Crippen LogP contribution is -2.52. The largest absolute Gasteiger partial charge is 0.527 e. The van der Waals surface area contributed by atoms with Crippen LogP contribution in [0.25, 0.3) is 10.4 Å². The molecule has 2 saturated heterocycles. The van der Waals surface area contributed by atoms with E-state index in [0.717, 1.165) is 10.4 Å². The molecule has 2 aromatic rings. The van der Waals surface area contributed by atoms with Crippen LogP contribution in [-0.2, 0) is 19.2 Å². The molecule has 1 aromatic carbocycles. The van der Waals surface area contributed by atoms with E-state index in [0.29, 0.717) is 24.9 Å². The first-order chi connectivity index (χ1) is 18.1. The molecule has 0 aliphatic carbocycles. The van der Waals surface area contributed by atoms with Crippen molar-refractivity contribution >= 4 is 35.1 Å². The fourth-order valence-corrected chi connectivity index (χ4v) is 5.63. The number of thiophene rings is 1. The lowest BCUT2D eigenvalue weighted by Gasteiger charge is -2.29. The van der Waals surface area contributed by atoms with Gasteiger partial charge in [-0.05, 0) is 53.8 Å². The number of likely N-dealkylation sites (tertiary alicyclic amines) is 1. The summed E-state index contributed by atoms with van der Waals surface area (Å²) in [5.41, 5.74) is 1.48. The molecule has 38 heavy (non-hydrogen) atoms. The molecular formula is C28H35N3O6S. The smallest absolute Gasteiger partial charge is 0.433 e. The maximum atomic E-state index is 13.7. The summed E-state index contributed by atoms with van der Waals surface area (Å²) in [7, 11) is 0. The molecule has 2 amide bonds. The van der Waals surface area contributed by atoms with Crippen LogP contribution in [0.3, 0.4) is 0 Å². The van der Waals surface area contributed by atoms with Gasteiger partial charge in [-0.1, -0.05) is 45.9 Å². The van der Waals surface area contributed by atoms with Crippen molar-refractivity contribution < 1.29 is 28.8 Å². The summed E-state index contributed by atoms with van der Waals surface area (Å²) in [5, 5.41) is 6.23. The van der Waals surface area contributed by atoms with E-state index in [1.54, 1.807) is 23.5 Å². The summed E-state index contributed by atoms with van der Waals surface area (Å²) in [5.74, 6) is -0.544. The highest BCUT2D eigenvalue weighted by Gasteiger charge is 2.52. The van der Waals surface area contributed by atoms with Crippen LogP contribution >= 0.6 is 11.3 Å². The standard InChI is InChI=1S/C28H35N3O6S/c1-17(2)14-21(29-26(33)20-9-7-19(8-10-20)24-6-5-13-38-24)27(34)30-12-11-22-25(30)23(32)15-31(22)37-28(35)36-16-18(3)4/h5-10,13,17-18,21-22,25H,11-12,14-16H2,1-4H3,(H,29,33). The first kappa shape index (κ1) is 27.8. The number of hydrogen-bond donors (Lipinski definition) is 1. The number of nitrogens with zero attached hydrogens (tertiary/aromatic N) is 2. The second kappa shape index (κ2) is 12.1. The van der Waals surface area contributed by atoms with Gasteiger partial charge in [-0.2, -0.15) is 0 Å². The predicted molar refractivity (Wildman–Crippen MR) is 143 cm³/mol. The SMILES string of the molecule is CC(C)COC(=O)ON1CC(=O)C2C1CCN2C(=O)C(CC(C)C)NC(=O)c1ccc(-c2cccs2)cc1. The summed E-state index contributed by atoms with van der Waals surface area (Å²) in [6.07, 6.45) is 0.0559. The molecule has 0 radical (unpaired) electrons. The third-order valence-electron chi connectivity index (χ3n) is 6.65. The third-order valence-corrected chi connectivity index (χ3v) is 7.57. The number of Topliss-reactive ketones (excluding diaryl/α,β-unsaturated/α-hetero) is 1. The quantitative estimate of drug-likeness (QED) is 0.476. The van der Waals surface area contributed by atoms with E-state index < -0.39 is 24.3 Å². The van der Waals surface area contributed by atoms with Gasteiger partial charge in [0.2, 0.25) is 5.91 Å². The van der Waals surface area contributed by atoms with Crippen molar-refractivity contribution in [3.63, 3.8) is 0 Å². The van der Waals surface area contributed by atoms with E-state index in [2.05, 4.69) is 5.32 Å². The summed E-state index contributed by atoms with van der Waals surface area (Å²) in [6, 6.07) is 9.34. The van der Waals surface area contributed by atoms with E-state index in [1.807, 2.05) is 57.3 Å². The number of nitrogens with one attached hydrogen (secondary N) is 1. The number of carbonyl (C=O) groups excluding carboxylic acids is 4. The van der Waals surface area contributed by atoms with Crippen LogP contribution in [0.4, 0.5) is 4.79 Å². The molecule has 10 heteroatoms. The Morgan fingerprint density at radius 2 is 1.82 bits per heavy atom. The molecule has 3 heterocycles. The maximum Gasteiger partial charge on any atom is 0.527 e. The molecule has 204 valence electrons. The second-order valence-electron chi connectivity index (χ2n) is 10.6. The Balaban J connectivity index is 1.42. The number of rotatable bonds is 9. The van der Waals surface area contributed by atoms with Crippen molar-refractivity contribution in [3.8, 4) is 10.4 Å². The first-order valence-corrected chi connectivity index (χ1v) is 13.9. The Morgan fingerprint density at radius 1 is 1.08 bits per heavy atom. The van der Waals surface area contributed by atoms with Gasteiger partial charge >= 0.3 is 6.16 Å². The number of amides is 2. The average molecular weight is 542 g/mol. The number of hydrogen-bond acceptors (Lipinski definition) is 8. The van der Waals surface area contributed by atoms with Crippen molar-refractivity contribution in [1.29, 1.82) is 0 Å². The van der Waals surface area contributed by atoms with Gasteiger partial charge in [-0.3, -0.25) is 14.4 Å². The van der Waals surface area contributed by atoms with Gasteiger partial charge in [0, 0.05) is 17.0 Å². The molecule has 4 rings (SSSR count). The third kappa shape index (κ3) is 6.42. The molecule has 0 saturated carbocycles.